The van der Waals surface area contributed by atoms with Gasteiger partial charge in [-0.1, -0.05) is 81.1 Å². The highest BCUT2D eigenvalue weighted by atomic mass is 35.5. The van der Waals surface area contributed by atoms with Crippen molar-refractivity contribution in [2.45, 2.75) is 77.6 Å². The van der Waals surface area contributed by atoms with E-state index in [4.69, 9.17) is 32.7 Å². The van der Waals surface area contributed by atoms with Gasteiger partial charge in [-0.05, 0) is 42.7 Å². The lowest BCUT2D eigenvalue weighted by Gasteiger charge is -2.20. The van der Waals surface area contributed by atoms with Crippen molar-refractivity contribution in [1.82, 2.24) is 0 Å². The summed E-state index contributed by atoms with van der Waals surface area (Å²) in [7, 11) is 2.57. The van der Waals surface area contributed by atoms with E-state index in [0.717, 1.165) is 37.8 Å². The van der Waals surface area contributed by atoms with E-state index in [2.05, 4.69) is 6.92 Å². The van der Waals surface area contributed by atoms with Crippen LogP contribution in [0.3, 0.4) is 0 Å². The highest BCUT2D eigenvalue weighted by Gasteiger charge is 2.26. The number of halogens is 6. The maximum atomic E-state index is 13.8. The highest BCUT2D eigenvalue weighted by molar-refractivity contribution is 6.31. The Morgan fingerprint density at radius 1 is 0.722 bits per heavy atom. The molecule has 2 nitrogen and oxygen atoms in total. The summed E-state index contributed by atoms with van der Waals surface area (Å²) in [5.74, 6) is -0.144. The van der Waals surface area contributed by atoms with Crippen LogP contribution in [0.2, 0.25) is 10.0 Å². The molecular formula is C28H34Cl2F4O2. The molecule has 2 aromatic carbocycles. The van der Waals surface area contributed by atoms with Crippen molar-refractivity contribution in [1.29, 1.82) is 0 Å². The number of unbranched alkanes of at least 4 members (excludes halogenated alkanes) is 8. The zero-order chi connectivity index (χ0) is 26.7. The molecule has 0 aliphatic rings. The summed E-state index contributed by atoms with van der Waals surface area (Å²) < 4.78 is 66.0. The number of ether oxygens (including phenoxy) is 2. The SMILES string of the molecule is CCCCCCCCCCC=C(c1cc(Cl)cc(C(F)F)c1OC)c1cc(Cl)cc(C(F)F)c1OC. The molecule has 0 aliphatic carbocycles. The van der Waals surface area contributed by atoms with Gasteiger partial charge in [-0.2, -0.15) is 0 Å². The van der Waals surface area contributed by atoms with Crippen molar-refractivity contribution in [2.75, 3.05) is 14.2 Å². The molecule has 8 heteroatoms. The lowest BCUT2D eigenvalue weighted by molar-refractivity contribution is 0.146. The second kappa shape index (κ2) is 15.4. The van der Waals surface area contributed by atoms with E-state index < -0.39 is 12.9 Å². The Labute approximate surface area is 221 Å². The largest absolute Gasteiger partial charge is 0.496 e. The van der Waals surface area contributed by atoms with Crippen molar-refractivity contribution in [3.63, 3.8) is 0 Å². The molecule has 0 aromatic heterocycles. The van der Waals surface area contributed by atoms with Crippen LogP contribution >= 0.6 is 23.2 Å². The van der Waals surface area contributed by atoms with Gasteiger partial charge in [0.15, 0.2) is 0 Å². The molecule has 2 aromatic rings. The van der Waals surface area contributed by atoms with Crippen molar-refractivity contribution in [3.05, 3.63) is 62.6 Å². The van der Waals surface area contributed by atoms with Crippen LogP contribution < -0.4 is 9.47 Å². The molecule has 36 heavy (non-hydrogen) atoms. The molecule has 0 heterocycles. The van der Waals surface area contributed by atoms with Crippen LogP contribution in [0.1, 0.15) is 99.8 Å². The third-order valence-corrected chi connectivity index (χ3v) is 6.47. The lowest BCUT2D eigenvalue weighted by Crippen LogP contribution is -2.03. The van der Waals surface area contributed by atoms with Gasteiger partial charge in [-0.15, -0.1) is 0 Å². The normalized spacial score (nSPS) is 11.3. The first-order chi connectivity index (χ1) is 17.2. The van der Waals surface area contributed by atoms with Crippen LogP contribution in [0.5, 0.6) is 11.5 Å². The van der Waals surface area contributed by atoms with Crippen LogP contribution in [0.15, 0.2) is 30.3 Å². The molecule has 0 atom stereocenters. The number of hydrogen-bond acceptors (Lipinski definition) is 2. The monoisotopic (exact) mass is 548 g/mol. The van der Waals surface area contributed by atoms with E-state index in [1.165, 1.54) is 52.0 Å². The number of alkyl halides is 4. The minimum atomic E-state index is -2.84. The molecule has 0 N–H and O–H groups in total. The third kappa shape index (κ3) is 8.31. The number of rotatable bonds is 15. The molecule has 0 radical (unpaired) electrons. The molecule has 0 spiro atoms. The van der Waals surface area contributed by atoms with E-state index in [1.807, 2.05) is 6.08 Å². The van der Waals surface area contributed by atoms with Gasteiger partial charge in [0.25, 0.3) is 12.9 Å². The fourth-order valence-electron chi connectivity index (χ4n) is 4.30. The minimum Gasteiger partial charge on any atom is -0.496 e. The summed E-state index contributed by atoms with van der Waals surface area (Å²) in [4.78, 5) is 0. The molecule has 200 valence electrons. The van der Waals surface area contributed by atoms with Gasteiger partial charge in [0.2, 0.25) is 0 Å². The summed E-state index contributed by atoms with van der Waals surface area (Å²) in [5.41, 5.74) is 0.169. The predicted octanol–water partition coefficient (Wildman–Crippen LogP) is 10.8. The van der Waals surface area contributed by atoms with Gasteiger partial charge < -0.3 is 9.47 Å². The molecule has 2 rings (SSSR count). The maximum absolute atomic E-state index is 13.8. The van der Waals surface area contributed by atoms with E-state index >= 15 is 0 Å². The number of hydrogen-bond donors (Lipinski definition) is 0. The summed E-state index contributed by atoms with van der Waals surface area (Å²) in [6.45, 7) is 2.18. The zero-order valence-corrected chi connectivity index (χ0v) is 22.5. The average Bonchev–Trinajstić information content (AvgIpc) is 2.84. The molecule has 0 unspecified atom stereocenters. The average molecular weight is 549 g/mol. The van der Waals surface area contributed by atoms with Crippen LogP contribution in [0, 0.1) is 0 Å². The topological polar surface area (TPSA) is 18.5 Å². The number of methoxy groups -OCH3 is 2. The lowest BCUT2D eigenvalue weighted by atomic mass is 9.91. The van der Waals surface area contributed by atoms with E-state index in [0.29, 0.717) is 12.0 Å². The van der Waals surface area contributed by atoms with Crippen molar-refractivity contribution in [2.24, 2.45) is 0 Å². The quantitative estimate of drug-likeness (QED) is 0.163. The summed E-state index contributed by atoms with van der Waals surface area (Å²) >= 11 is 12.4. The van der Waals surface area contributed by atoms with Gasteiger partial charge in [0, 0.05) is 21.2 Å². The van der Waals surface area contributed by atoms with E-state index in [9.17, 15) is 17.6 Å². The fraction of sp³-hybridized carbons (Fsp3) is 0.500. The van der Waals surface area contributed by atoms with Gasteiger partial charge in [0.05, 0.1) is 25.3 Å². The maximum Gasteiger partial charge on any atom is 0.267 e. The highest BCUT2D eigenvalue weighted by Crippen LogP contribution is 2.45. The number of benzene rings is 2. The zero-order valence-electron chi connectivity index (χ0n) is 21.0. The summed E-state index contributed by atoms with van der Waals surface area (Å²) in [6, 6.07) is 5.28. The molecule has 0 saturated carbocycles. The Morgan fingerprint density at radius 3 is 1.53 bits per heavy atom. The first-order valence-electron chi connectivity index (χ1n) is 12.3. The summed E-state index contributed by atoms with van der Waals surface area (Å²) in [5, 5.41) is 0.156. The van der Waals surface area contributed by atoms with Crippen LogP contribution in [0.4, 0.5) is 17.6 Å². The van der Waals surface area contributed by atoms with Crippen LogP contribution in [-0.2, 0) is 0 Å². The standard InChI is InChI=1S/C28H34Cl2F4O2/c1-4-5-6-7-8-9-10-11-12-13-20(21-14-18(29)16-23(27(31)32)25(21)35-2)22-15-19(30)17-24(28(33)34)26(22)36-3/h13-17,27-28H,4-12H2,1-3H3. The molecule has 0 fully saturated rings. The van der Waals surface area contributed by atoms with E-state index in [-0.39, 0.29) is 43.8 Å². The molecule has 0 aliphatic heterocycles. The van der Waals surface area contributed by atoms with Crippen LogP contribution in [0.25, 0.3) is 5.57 Å². The van der Waals surface area contributed by atoms with Crippen molar-refractivity contribution >= 4 is 28.8 Å². The minimum absolute atomic E-state index is 0.0720. The second-order valence-electron chi connectivity index (χ2n) is 8.63. The van der Waals surface area contributed by atoms with E-state index in [1.54, 1.807) is 0 Å². The Balaban J connectivity index is 2.51. The molecule has 0 bridgehead atoms. The Morgan fingerprint density at radius 2 is 1.14 bits per heavy atom. The van der Waals surface area contributed by atoms with Crippen molar-refractivity contribution in [3.8, 4) is 11.5 Å². The molecule has 0 saturated heterocycles. The Hall–Kier alpha value is -1.92. The van der Waals surface area contributed by atoms with Gasteiger partial charge in [-0.25, -0.2) is 17.6 Å². The van der Waals surface area contributed by atoms with Gasteiger partial charge in [0.1, 0.15) is 11.5 Å². The molecular weight excluding hydrogens is 515 g/mol. The third-order valence-electron chi connectivity index (χ3n) is 6.03. The first kappa shape index (κ1) is 30.3. The van der Waals surface area contributed by atoms with Crippen molar-refractivity contribution < 1.29 is 27.0 Å². The van der Waals surface area contributed by atoms with Gasteiger partial charge >= 0.3 is 0 Å². The molecule has 0 amide bonds. The first-order valence-corrected chi connectivity index (χ1v) is 13.0. The second-order valence-corrected chi connectivity index (χ2v) is 9.51. The smallest absolute Gasteiger partial charge is 0.267 e. The fourth-order valence-corrected chi connectivity index (χ4v) is 4.75. The predicted molar refractivity (Wildman–Crippen MR) is 140 cm³/mol. The summed E-state index contributed by atoms with van der Waals surface area (Å²) in [6.07, 6.45) is 5.76. The van der Waals surface area contributed by atoms with Gasteiger partial charge in [-0.3, -0.25) is 0 Å². The Bertz CT molecular complexity index is 942. The Kier molecular flexibility index (Phi) is 12.9. The number of allylic oxidation sites excluding steroid dienone is 1. The van der Waals surface area contributed by atoms with Crippen LogP contribution in [-0.4, -0.2) is 14.2 Å².